The standard InChI is InChI=1S/C14H13F2NO3/c1-8-10(4-13(20-8)14(18)19)7-17-6-9-2-3-11(15)5-12(9)16/h2-5,17H,6-7H2,1H3,(H,18,19). The summed E-state index contributed by atoms with van der Waals surface area (Å²) in [4.78, 5) is 10.7. The lowest BCUT2D eigenvalue weighted by Crippen LogP contribution is -2.14. The summed E-state index contributed by atoms with van der Waals surface area (Å²) >= 11 is 0. The highest BCUT2D eigenvalue weighted by molar-refractivity contribution is 5.84. The van der Waals surface area contributed by atoms with E-state index >= 15 is 0 Å². The van der Waals surface area contributed by atoms with Crippen molar-refractivity contribution in [1.29, 1.82) is 0 Å². The number of benzene rings is 1. The van der Waals surface area contributed by atoms with Gasteiger partial charge in [-0.05, 0) is 19.1 Å². The summed E-state index contributed by atoms with van der Waals surface area (Å²) < 4.78 is 31.2. The first kappa shape index (κ1) is 14.2. The average molecular weight is 281 g/mol. The molecule has 0 spiro atoms. The van der Waals surface area contributed by atoms with Crippen LogP contribution in [-0.2, 0) is 13.1 Å². The van der Waals surface area contributed by atoms with Gasteiger partial charge in [-0.2, -0.15) is 0 Å². The van der Waals surface area contributed by atoms with Crippen LogP contribution in [0.15, 0.2) is 28.7 Å². The van der Waals surface area contributed by atoms with E-state index in [-0.39, 0.29) is 12.3 Å². The van der Waals surface area contributed by atoms with Crippen LogP contribution >= 0.6 is 0 Å². The molecule has 20 heavy (non-hydrogen) atoms. The number of carboxylic acid groups (broad SMARTS) is 1. The SMILES string of the molecule is Cc1oc(C(=O)O)cc1CNCc1ccc(F)cc1F. The van der Waals surface area contributed by atoms with Crippen molar-refractivity contribution in [3.05, 3.63) is 58.5 Å². The molecule has 0 bridgehead atoms. The van der Waals surface area contributed by atoms with Crippen LogP contribution in [-0.4, -0.2) is 11.1 Å². The highest BCUT2D eigenvalue weighted by Gasteiger charge is 2.12. The molecule has 0 saturated carbocycles. The maximum atomic E-state index is 13.4. The van der Waals surface area contributed by atoms with Gasteiger partial charge in [0.05, 0.1) is 0 Å². The minimum atomic E-state index is -1.14. The van der Waals surface area contributed by atoms with Gasteiger partial charge in [0.1, 0.15) is 17.4 Å². The van der Waals surface area contributed by atoms with E-state index in [0.717, 1.165) is 6.07 Å². The van der Waals surface area contributed by atoms with Gasteiger partial charge in [-0.1, -0.05) is 6.07 Å². The van der Waals surface area contributed by atoms with Gasteiger partial charge in [-0.25, -0.2) is 13.6 Å². The van der Waals surface area contributed by atoms with Crippen LogP contribution in [0.4, 0.5) is 8.78 Å². The lowest BCUT2D eigenvalue weighted by molar-refractivity contribution is 0.0661. The zero-order chi connectivity index (χ0) is 14.7. The lowest BCUT2D eigenvalue weighted by Gasteiger charge is -2.05. The largest absolute Gasteiger partial charge is 0.475 e. The van der Waals surface area contributed by atoms with Gasteiger partial charge in [0, 0.05) is 30.3 Å². The number of rotatable bonds is 5. The summed E-state index contributed by atoms with van der Waals surface area (Å²) in [6.45, 7) is 2.19. The van der Waals surface area contributed by atoms with Crippen molar-refractivity contribution in [3.63, 3.8) is 0 Å². The zero-order valence-corrected chi connectivity index (χ0v) is 10.7. The Morgan fingerprint density at radius 1 is 1.25 bits per heavy atom. The molecule has 0 saturated heterocycles. The normalized spacial score (nSPS) is 10.8. The van der Waals surface area contributed by atoms with E-state index < -0.39 is 17.6 Å². The van der Waals surface area contributed by atoms with Gasteiger partial charge in [-0.3, -0.25) is 0 Å². The highest BCUT2D eigenvalue weighted by Crippen LogP contribution is 2.15. The maximum absolute atomic E-state index is 13.4. The van der Waals surface area contributed by atoms with Crippen molar-refractivity contribution >= 4 is 5.97 Å². The smallest absolute Gasteiger partial charge is 0.371 e. The Hall–Kier alpha value is -2.21. The van der Waals surface area contributed by atoms with Crippen LogP contribution < -0.4 is 5.32 Å². The van der Waals surface area contributed by atoms with Gasteiger partial charge >= 0.3 is 5.97 Å². The number of carbonyl (C=O) groups is 1. The first-order valence-electron chi connectivity index (χ1n) is 5.94. The number of carboxylic acids is 1. The number of hydrogen-bond acceptors (Lipinski definition) is 3. The number of nitrogens with one attached hydrogen (secondary N) is 1. The third-order valence-corrected chi connectivity index (χ3v) is 2.88. The minimum Gasteiger partial charge on any atom is -0.475 e. The molecule has 6 heteroatoms. The summed E-state index contributed by atoms with van der Waals surface area (Å²) in [5.41, 5.74) is 1.02. The highest BCUT2D eigenvalue weighted by atomic mass is 19.1. The van der Waals surface area contributed by atoms with Gasteiger partial charge in [0.15, 0.2) is 0 Å². The molecule has 0 aliphatic rings. The fraction of sp³-hybridized carbons (Fsp3) is 0.214. The predicted octanol–water partition coefficient (Wildman–Crippen LogP) is 2.85. The van der Waals surface area contributed by atoms with Crippen molar-refractivity contribution in [2.24, 2.45) is 0 Å². The molecule has 106 valence electrons. The van der Waals surface area contributed by atoms with Gasteiger partial charge < -0.3 is 14.8 Å². The van der Waals surface area contributed by atoms with Crippen molar-refractivity contribution in [2.75, 3.05) is 0 Å². The second-order valence-electron chi connectivity index (χ2n) is 4.34. The molecule has 2 rings (SSSR count). The Bertz CT molecular complexity index is 637. The fourth-order valence-corrected chi connectivity index (χ4v) is 1.80. The van der Waals surface area contributed by atoms with E-state index in [1.54, 1.807) is 6.92 Å². The summed E-state index contributed by atoms with van der Waals surface area (Å²) in [6.07, 6.45) is 0. The summed E-state index contributed by atoms with van der Waals surface area (Å²) in [5, 5.41) is 11.7. The number of aromatic carboxylic acids is 1. The first-order chi connectivity index (χ1) is 9.47. The Kier molecular flexibility index (Phi) is 4.14. The van der Waals surface area contributed by atoms with Crippen LogP contribution in [0.5, 0.6) is 0 Å². The summed E-state index contributed by atoms with van der Waals surface area (Å²) in [6, 6.07) is 4.79. The molecule has 1 aromatic heterocycles. The number of halogens is 2. The van der Waals surface area contributed by atoms with E-state index in [1.807, 2.05) is 0 Å². The third kappa shape index (κ3) is 3.21. The van der Waals surface area contributed by atoms with Gasteiger partial charge in [0.2, 0.25) is 5.76 Å². The van der Waals surface area contributed by atoms with E-state index in [1.165, 1.54) is 18.2 Å². The quantitative estimate of drug-likeness (QED) is 0.884. The molecule has 1 aromatic carbocycles. The van der Waals surface area contributed by atoms with Gasteiger partial charge in [-0.15, -0.1) is 0 Å². The second-order valence-corrected chi connectivity index (χ2v) is 4.34. The molecule has 2 aromatic rings. The molecule has 4 nitrogen and oxygen atoms in total. The van der Waals surface area contributed by atoms with Crippen LogP contribution in [0.1, 0.15) is 27.4 Å². The van der Waals surface area contributed by atoms with E-state index in [4.69, 9.17) is 9.52 Å². The molecule has 1 heterocycles. The molecule has 0 unspecified atom stereocenters. The first-order valence-corrected chi connectivity index (χ1v) is 5.94. The van der Waals surface area contributed by atoms with Crippen LogP contribution in [0.2, 0.25) is 0 Å². The van der Waals surface area contributed by atoms with E-state index in [2.05, 4.69) is 5.32 Å². The predicted molar refractivity (Wildman–Crippen MR) is 67.3 cm³/mol. The fourth-order valence-electron chi connectivity index (χ4n) is 1.80. The zero-order valence-electron chi connectivity index (χ0n) is 10.7. The monoisotopic (exact) mass is 281 g/mol. The van der Waals surface area contributed by atoms with Crippen molar-refractivity contribution in [1.82, 2.24) is 5.32 Å². The molecular formula is C14H13F2NO3. The average Bonchev–Trinajstić information content (AvgIpc) is 2.74. The van der Waals surface area contributed by atoms with Crippen molar-refractivity contribution in [3.8, 4) is 0 Å². The topological polar surface area (TPSA) is 62.5 Å². The Labute approximate surface area is 114 Å². The van der Waals surface area contributed by atoms with Crippen molar-refractivity contribution in [2.45, 2.75) is 20.0 Å². The molecule has 0 fully saturated rings. The summed E-state index contributed by atoms with van der Waals surface area (Å²) in [7, 11) is 0. The molecule has 0 aliphatic heterocycles. The third-order valence-electron chi connectivity index (χ3n) is 2.88. The summed E-state index contributed by atoms with van der Waals surface area (Å²) in [5.74, 6) is -2.01. The van der Waals surface area contributed by atoms with Crippen LogP contribution in [0, 0.1) is 18.6 Å². The molecule has 0 aliphatic carbocycles. The molecule has 0 atom stereocenters. The lowest BCUT2D eigenvalue weighted by atomic mass is 10.2. The molecule has 0 amide bonds. The minimum absolute atomic E-state index is 0.132. The van der Waals surface area contributed by atoms with Crippen molar-refractivity contribution < 1.29 is 23.1 Å². The van der Waals surface area contributed by atoms with Crippen LogP contribution in [0.25, 0.3) is 0 Å². The van der Waals surface area contributed by atoms with E-state index in [0.29, 0.717) is 23.4 Å². The Morgan fingerprint density at radius 3 is 2.55 bits per heavy atom. The number of hydrogen-bond donors (Lipinski definition) is 2. The van der Waals surface area contributed by atoms with E-state index in [9.17, 15) is 13.6 Å². The maximum Gasteiger partial charge on any atom is 0.371 e. The van der Waals surface area contributed by atoms with Crippen LogP contribution in [0.3, 0.4) is 0 Å². The number of aryl methyl sites for hydroxylation is 1. The number of furan rings is 1. The molecule has 2 N–H and O–H groups in total. The Morgan fingerprint density at radius 2 is 1.95 bits per heavy atom. The second kappa shape index (κ2) is 5.83. The Balaban J connectivity index is 1.97. The molecular weight excluding hydrogens is 268 g/mol. The molecule has 0 radical (unpaired) electrons. The van der Waals surface area contributed by atoms with Gasteiger partial charge in [0.25, 0.3) is 0 Å².